The van der Waals surface area contributed by atoms with Crippen LogP contribution in [0.3, 0.4) is 0 Å². The fraction of sp³-hybridized carbons (Fsp3) is 0.600. The number of imide groups is 1. The van der Waals surface area contributed by atoms with Gasteiger partial charge in [-0.15, -0.1) is 0 Å². The van der Waals surface area contributed by atoms with Gasteiger partial charge >= 0.3 is 0 Å². The van der Waals surface area contributed by atoms with E-state index in [1.54, 1.807) is 0 Å². The second kappa shape index (κ2) is 7.06. The zero-order valence-electron chi connectivity index (χ0n) is 14.7. The van der Waals surface area contributed by atoms with Crippen molar-refractivity contribution in [3.8, 4) is 0 Å². The zero-order chi connectivity index (χ0) is 17.2. The van der Waals surface area contributed by atoms with Crippen LogP contribution in [0.25, 0.3) is 0 Å². The number of amides is 2. The van der Waals surface area contributed by atoms with Gasteiger partial charge in [-0.1, -0.05) is 12.8 Å². The van der Waals surface area contributed by atoms with E-state index in [1.807, 2.05) is 12.1 Å². The molecule has 0 radical (unpaired) electrons. The highest BCUT2D eigenvalue weighted by molar-refractivity contribution is 6.07. The van der Waals surface area contributed by atoms with Crippen LogP contribution in [-0.2, 0) is 9.59 Å². The van der Waals surface area contributed by atoms with Crippen LogP contribution in [0.4, 0.5) is 11.4 Å². The van der Waals surface area contributed by atoms with Crippen molar-refractivity contribution >= 4 is 23.2 Å². The van der Waals surface area contributed by atoms with Crippen molar-refractivity contribution in [1.29, 1.82) is 0 Å². The molecule has 0 spiro atoms. The number of benzene rings is 1. The minimum atomic E-state index is -0.408. The number of anilines is 2. The molecule has 3 fully saturated rings. The Balaban J connectivity index is 1.40. The van der Waals surface area contributed by atoms with Gasteiger partial charge in [0.15, 0.2) is 0 Å². The van der Waals surface area contributed by atoms with Crippen molar-refractivity contribution < 1.29 is 9.59 Å². The van der Waals surface area contributed by atoms with Gasteiger partial charge in [-0.25, -0.2) is 0 Å². The summed E-state index contributed by atoms with van der Waals surface area (Å²) in [5.41, 5.74) is 2.16. The SMILES string of the molecule is O=C1C[C@H](Nc2ccc(N3CCCCC3)cc2)C(=O)N1C1CCCC1. The van der Waals surface area contributed by atoms with Gasteiger partial charge in [-0.3, -0.25) is 14.5 Å². The molecule has 2 aliphatic heterocycles. The summed E-state index contributed by atoms with van der Waals surface area (Å²) < 4.78 is 0. The Hall–Kier alpha value is -2.04. The van der Waals surface area contributed by atoms with E-state index in [2.05, 4.69) is 22.3 Å². The average Bonchev–Trinajstić information content (AvgIpc) is 3.25. The quantitative estimate of drug-likeness (QED) is 0.855. The number of carbonyl (C=O) groups is 2. The maximum Gasteiger partial charge on any atom is 0.252 e. The summed E-state index contributed by atoms with van der Waals surface area (Å²) in [6.45, 7) is 2.25. The van der Waals surface area contributed by atoms with Gasteiger partial charge < -0.3 is 10.2 Å². The Kier molecular flexibility index (Phi) is 4.64. The fourth-order valence-electron chi connectivity index (χ4n) is 4.43. The summed E-state index contributed by atoms with van der Waals surface area (Å²) in [4.78, 5) is 28.9. The topological polar surface area (TPSA) is 52.7 Å². The molecule has 1 aliphatic carbocycles. The van der Waals surface area contributed by atoms with Crippen molar-refractivity contribution in [2.75, 3.05) is 23.3 Å². The summed E-state index contributed by atoms with van der Waals surface area (Å²) in [5.74, 6) is -0.0589. The number of likely N-dealkylation sites (tertiary alicyclic amines) is 1. The van der Waals surface area contributed by atoms with Gasteiger partial charge in [-0.2, -0.15) is 0 Å². The van der Waals surface area contributed by atoms with Crippen LogP contribution >= 0.6 is 0 Å². The number of carbonyl (C=O) groups excluding carboxylic acids is 2. The van der Waals surface area contributed by atoms with E-state index in [1.165, 1.54) is 29.8 Å². The Bertz CT molecular complexity index is 631. The molecular formula is C20H27N3O2. The molecule has 134 valence electrons. The number of hydrogen-bond donors (Lipinski definition) is 1. The van der Waals surface area contributed by atoms with Crippen molar-refractivity contribution in [3.63, 3.8) is 0 Å². The molecule has 0 bridgehead atoms. The zero-order valence-corrected chi connectivity index (χ0v) is 14.7. The molecule has 5 heteroatoms. The number of hydrogen-bond acceptors (Lipinski definition) is 4. The third-order valence-electron chi connectivity index (χ3n) is 5.80. The van der Waals surface area contributed by atoms with Crippen molar-refractivity contribution in [2.45, 2.75) is 63.5 Å². The Morgan fingerprint density at radius 2 is 1.56 bits per heavy atom. The van der Waals surface area contributed by atoms with Crippen LogP contribution in [0.15, 0.2) is 24.3 Å². The molecule has 1 atom stereocenters. The number of piperidine rings is 1. The van der Waals surface area contributed by atoms with Crippen molar-refractivity contribution in [3.05, 3.63) is 24.3 Å². The minimum Gasteiger partial charge on any atom is -0.373 e. The lowest BCUT2D eigenvalue weighted by atomic mass is 10.1. The first-order valence-corrected chi connectivity index (χ1v) is 9.70. The summed E-state index contributed by atoms with van der Waals surface area (Å²) in [6, 6.07) is 8.01. The van der Waals surface area contributed by atoms with Crippen LogP contribution in [0.2, 0.25) is 0 Å². The van der Waals surface area contributed by atoms with E-state index in [4.69, 9.17) is 0 Å². The largest absolute Gasteiger partial charge is 0.373 e. The minimum absolute atomic E-state index is 0.0145. The molecule has 4 rings (SSSR count). The smallest absolute Gasteiger partial charge is 0.252 e. The lowest BCUT2D eigenvalue weighted by molar-refractivity contribution is -0.141. The van der Waals surface area contributed by atoms with E-state index in [0.29, 0.717) is 0 Å². The third-order valence-corrected chi connectivity index (χ3v) is 5.80. The first kappa shape index (κ1) is 16.4. The lowest BCUT2D eigenvalue weighted by Crippen LogP contribution is -2.40. The molecule has 0 aromatic heterocycles. The van der Waals surface area contributed by atoms with Gasteiger partial charge in [-0.05, 0) is 56.4 Å². The Morgan fingerprint density at radius 1 is 0.880 bits per heavy atom. The van der Waals surface area contributed by atoms with Gasteiger partial charge in [0.2, 0.25) is 5.91 Å². The van der Waals surface area contributed by atoms with E-state index in [0.717, 1.165) is 44.5 Å². The molecule has 1 aromatic carbocycles. The van der Waals surface area contributed by atoms with Crippen LogP contribution in [0.1, 0.15) is 51.4 Å². The number of rotatable bonds is 4. The average molecular weight is 341 g/mol. The van der Waals surface area contributed by atoms with E-state index < -0.39 is 6.04 Å². The lowest BCUT2D eigenvalue weighted by Gasteiger charge is -2.29. The third kappa shape index (κ3) is 3.37. The van der Waals surface area contributed by atoms with Gasteiger partial charge in [0.1, 0.15) is 6.04 Å². The normalized spacial score (nSPS) is 25.0. The van der Waals surface area contributed by atoms with Crippen molar-refractivity contribution in [2.24, 2.45) is 0 Å². The molecule has 25 heavy (non-hydrogen) atoms. The van der Waals surface area contributed by atoms with E-state index in [-0.39, 0.29) is 24.3 Å². The molecule has 1 N–H and O–H groups in total. The Labute approximate surface area is 149 Å². The highest BCUT2D eigenvalue weighted by atomic mass is 16.2. The summed E-state index contributed by atoms with van der Waals surface area (Å²) in [7, 11) is 0. The molecule has 2 amide bonds. The standard InChI is InChI=1S/C20H27N3O2/c24-19-14-18(20(25)23(19)17-6-2-3-7-17)21-15-8-10-16(11-9-15)22-12-4-1-5-13-22/h8-11,17-18,21H,1-7,12-14H2/t18-/m0/s1. The molecular weight excluding hydrogens is 314 g/mol. The van der Waals surface area contributed by atoms with E-state index in [9.17, 15) is 9.59 Å². The summed E-state index contributed by atoms with van der Waals surface area (Å²) in [5, 5.41) is 3.27. The van der Waals surface area contributed by atoms with Gasteiger partial charge in [0.25, 0.3) is 5.91 Å². The molecule has 2 heterocycles. The second-order valence-corrected chi connectivity index (χ2v) is 7.54. The van der Waals surface area contributed by atoms with E-state index >= 15 is 0 Å². The molecule has 1 aromatic rings. The molecule has 5 nitrogen and oxygen atoms in total. The number of nitrogens with zero attached hydrogens (tertiary/aromatic N) is 2. The number of nitrogens with one attached hydrogen (secondary N) is 1. The summed E-state index contributed by atoms with van der Waals surface area (Å²) in [6.07, 6.45) is 8.30. The molecule has 0 unspecified atom stereocenters. The highest BCUT2D eigenvalue weighted by Crippen LogP contribution is 2.29. The Morgan fingerprint density at radius 3 is 2.24 bits per heavy atom. The van der Waals surface area contributed by atoms with Crippen LogP contribution in [0.5, 0.6) is 0 Å². The first-order chi connectivity index (χ1) is 12.2. The summed E-state index contributed by atoms with van der Waals surface area (Å²) >= 11 is 0. The highest BCUT2D eigenvalue weighted by Gasteiger charge is 2.42. The maximum absolute atomic E-state index is 12.7. The van der Waals surface area contributed by atoms with Crippen LogP contribution in [-0.4, -0.2) is 41.9 Å². The van der Waals surface area contributed by atoms with Crippen molar-refractivity contribution in [1.82, 2.24) is 4.90 Å². The first-order valence-electron chi connectivity index (χ1n) is 9.70. The predicted octanol–water partition coefficient (Wildman–Crippen LogP) is 3.16. The molecule has 1 saturated carbocycles. The van der Waals surface area contributed by atoms with Crippen LogP contribution < -0.4 is 10.2 Å². The molecule has 2 saturated heterocycles. The second-order valence-electron chi connectivity index (χ2n) is 7.54. The van der Waals surface area contributed by atoms with Gasteiger partial charge in [0.05, 0.1) is 6.42 Å². The maximum atomic E-state index is 12.7. The fourth-order valence-corrected chi connectivity index (χ4v) is 4.43. The van der Waals surface area contributed by atoms with Gasteiger partial charge in [0, 0.05) is 30.5 Å². The predicted molar refractivity (Wildman–Crippen MR) is 98.6 cm³/mol. The monoisotopic (exact) mass is 341 g/mol. The molecule has 3 aliphatic rings. The van der Waals surface area contributed by atoms with Crippen LogP contribution in [0, 0.1) is 0 Å².